The number of fused-ring (bicyclic) bond motifs is 1. The van der Waals surface area contributed by atoms with Crippen molar-refractivity contribution in [1.29, 1.82) is 5.26 Å². The monoisotopic (exact) mass is 430 g/mol. The van der Waals surface area contributed by atoms with Crippen molar-refractivity contribution in [3.63, 3.8) is 0 Å². The summed E-state index contributed by atoms with van der Waals surface area (Å²) in [7, 11) is 5.75. The Bertz CT molecular complexity index is 1150. The third-order valence-electron chi connectivity index (χ3n) is 5.53. The lowest BCUT2D eigenvalue weighted by atomic mass is 10.1. The fraction of sp³-hybridized carbons (Fsp3) is 0.308. The molecule has 0 atom stereocenters. The summed E-state index contributed by atoms with van der Waals surface area (Å²) in [6.07, 6.45) is 2.73. The summed E-state index contributed by atoms with van der Waals surface area (Å²) in [5.41, 5.74) is 4.12. The van der Waals surface area contributed by atoms with Gasteiger partial charge in [-0.25, -0.2) is 0 Å². The summed E-state index contributed by atoms with van der Waals surface area (Å²) in [5, 5.41) is 13.6. The van der Waals surface area contributed by atoms with E-state index in [1.165, 1.54) is 0 Å². The molecule has 0 aliphatic carbocycles. The summed E-state index contributed by atoms with van der Waals surface area (Å²) in [4.78, 5) is 14.9. The van der Waals surface area contributed by atoms with Crippen molar-refractivity contribution in [3.8, 4) is 11.8 Å². The van der Waals surface area contributed by atoms with Gasteiger partial charge in [0.1, 0.15) is 17.4 Å². The Morgan fingerprint density at radius 1 is 1.19 bits per heavy atom. The number of carbonyl (C=O) groups excluding carboxylic acids is 1. The van der Waals surface area contributed by atoms with Gasteiger partial charge in [-0.3, -0.25) is 4.79 Å². The molecule has 1 amide bonds. The Kier molecular flexibility index (Phi) is 7.69. The van der Waals surface area contributed by atoms with Crippen LogP contribution >= 0.6 is 0 Å². The lowest BCUT2D eigenvalue weighted by Crippen LogP contribution is -2.23. The number of methoxy groups -OCH3 is 1. The third-order valence-corrected chi connectivity index (χ3v) is 5.53. The van der Waals surface area contributed by atoms with E-state index in [1.807, 2.05) is 49.4 Å². The van der Waals surface area contributed by atoms with Crippen molar-refractivity contribution in [3.05, 3.63) is 70.9 Å². The highest BCUT2D eigenvalue weighted by Crippen LogP contribution is 2.28. The van der Waals surface area contributed by atoms with Crippen molar-refractivity contribution in [2.45, 2.75) is 26.4 Å². The summed E-state index contributed by atoms with van der Waals surface area (Å²) < 4.78 is 7.43. The second kappa shape index (κ2) is 10.7. The number of hydrogen-bond donors (Lipinski definition) is 1. The number of aromatic nitrogens is 1. The number of carbonyl (C=O) groups is 1. The van der Waals surface area contributed by atoms with Gasteiger partial charge in [0.25, 0.3) is 5.91 Å². The molecular weight excluding hydrogens is 400 g/mol. The van der Waals surface area contributed by atoms with Gasteiger partial charge in [0.05, 0.1) is 7.11 Å². The van der Waals surface area contributed by atoms with Crippen LogP contribution in [-0.4, -0.2) is 43.1 Å². The first kappa shape index (κ1) is 23.1. The van der Waals surface area contributed by atoms with Crippen LogP contribution in [0.5, 0.6) is 5.75 Å². The van der Waals surface area contributed by atoms with Crippen molar-refractivity contribution in [2.24, 2.45) is 0 Å². The van der Waals surface area contributed by atoms with E-state index in [2.05, 4.69) is 41.0 Å². The minimum Gasteiger partial charge on any atom is -0.497 e. The van der Waals surface area contributed by atoms with Crippen LogP contribution < -0.4 is 10.1 Å². The number of nitrogens with one attached hydrogen (secondary N) is 1. The van der Waals surface area contributed by atoms with Crippen LogP contribution in [0.25, 0.3) is 17.0 Å². The highest BCUT2D eigenvalue weighted by Gasteiger charge is 2.15. The number of hydrogen-bond acceptors (Lipinski definition) is 4. The largest absolute Gasteiger partial charge is 0.497 e. The van der Waals surface area contributed by atoms with Crippen LogP contribution in [0.15, 0.2) is 54.1 Å². The number of nitrogens with zero attached hydrogens (tertiary/aromatic N) is 3. The van der Waals surface area contributed by atoms with E-state index in [0.717, 1.165) is 53.0 Å². The Balaban J connectivity index is 1.84. The Hall–Kier alpha value is -3.56. The number of aryl methyl sites for hydroxylation is 1. The average molecular weight is 431 g/mol. The molecule has 0 saturated heterocycles. The number of nitriles is 1. The first-order valence-electron chi connectivity index (χ1n) is 10.7. The van der Waals surface area contributed by atoms with Crippen molar-refractivity contribution in [1.82, 2.24) is 14.8 Å². The standard InChI is InChI=1S/C26H30N4O2/c1-19-24(23-8-5-6-9-25(23)30(19)15-7-14-29(2)3)16-21(17-27)26(31)28-18-20-10-12-22(32-4)13-11-20/h5-6,8-13,16H,7,14-15,18H2,1-4H3,(H,28,31). The summed E-state index contributed by atoms with van der Waals surface area (Å²) in [5.74, 6) is 0.377. The third kappa shape index (κ3) is 5.37. The van der Waals surface area contributed by atoms with Crippen LogP contribution in [0.1, 0.15) is 23.2 Å². The van der Waals surface area contributed by atoms with Crippen LogP contribution in [0.2, 0.25) is 0 Å². The van der Waals surface area contributed by atoms with Gasteiger partial charge in [-0.05, 0) is 63.8 Å². The van der Waals surface area contributed by atoms with Crippen LogP contribution in [0.3, 0.4) is 0 Å². The van der Waals surface area contributed by atoms with Gasteiger partial charge in [-0.1, -0.05) is 30.3 Å². The highest BCUT2D eigenvalue weighted by molar-refractivity contribution is 6.04. The molecule has 2 aromatic carbocycles. The predicted octanol–water partition coefficient (Wildman–Crippen LogP) is 4.13. The smallest absolute Gasteiger partial charge is 0.262 e. The lowest BCUT2D eigenvalue weighted by molar-refractivity contribution is -0.117. The van der Waals surface area contributed by atoms with E-state index in [4.69, 9.17) is 4.74 Å². The van der Waals surface area contributed by atoms with Gasteiger partial charge < -0.3 is 19.5 Å². The molecule has 1 N–H and O–H groups in total. The number of para-hydroxylation sites is 1. The Labute approximate surface area is 189 Å². The summed E-state index contributed by atoms with van der Waals surface area (Å²) >= 11 is 0. The highest BCUT2D eigenvalue weighted by atomic mass is 16.5. The topological polar surface area (TPSA) is 70.3 Å². The molecule has 1 aromatic heterocycles. The number of ether oxygens (including phenoxy) is 1. The van der Waals surface area contributed by atoms with Gasteiger partial charge in [-0.2, -0.15) is 5.26 Å². The minimum atomic E-state index is -0.382. The molecular formula is C26H30N4O2. The van der Waals surface area contributed by atoms with Gasteiger partial charge in [0.2, 0.25) is 0 Å². The van der Waals surface area contributed by atoms with E-state index < -0.39 is 0 Å². The molecule has 0 unspecified atom stereocenters. The molecule has 0 saturated carbocycles. The van der Waals surface area contributed by atoms with Gasteiger partial charge >= 0.3 is 0 Å². The predicted molar refractivity (Wildman–Crippen MR) is 128 cm³/mol. The molecule has 0 fully saturated rings. The zero-order valence-corrected chi connectivity index (χ0v) is 19.2. The molecule has 0 aliphatic heterocycles. The number of amides is 1. The molecule has 32 heavy (non-hydrogen) atoms. The first-order chi connectivity index (χ1) is 15.4. The second-order valence-electron chi connectivity index (χ2n) is 8.03. The lowest BCUT2D eigenvalue weighted by Gasteiger charge is -2.12. The maximum Gasteiger partial charge on any atom is 0.262 e. The average Bonchev–Trinajstić information content (AvgIpc) is 3.06. The fourth-order valence-corrected chi connectivity index (χ4v) is 3.79. The molecule has 3 rings (SSSR count). The van der Waals surface area contributed by atoms with Crippen LogP contribution in [0, 0.1) is 18.3 Å². The second-order valence-corrected chi connectivity index (χ2v) is 8.03. The summed E-state index contributed by atoms with van der Waals surface area (Å²) in [6.45, 7) is 4.26. The number of rotatable bonds is 9. The zero-order chi connectivity index (χ0) is 23.1. The molecule has 0 radical (unpaired) electrons. The Morgan fingerprint density at radius 3 is 2.56 bits per heavy atom. The maximum absolute atomic E-state index is 12.7. The van der Waals surface area contributed by atoms with Gasteiger partial charge in [0.15, 0.2) is 0 Å². The molecule has 0 aliphatic rings. The SMILES string of the molecule is COc1ccc(CNC(=O)C(C#N)=Cc2c(C)n(CCCN(C)C)c3ccccc23)cc1. The van der Waals surface area contributed by atoms with Gasteiger partial charge in [0, 0.05) is 35.2 Å². The molecule has 6 heteroatoms. The molecule has 0 spiro atoms. The fourth-order valence-electron chi connectivity index (χ4n) is 3.79. The van der Waals surface area contributed by atoms with Gasteiger partial charge in [-0.15, -0.1) is 0 Å². The quantitative estimate of drug-likeness (QED) is 0.409. The van der Waals surface area contributed by atoms with Crippen LogP contribution in [-0.2, 0) is 17.9 Å². The van der Waals surface area contributed by atoms with Crippen LogP contribution in [0.4, 0.5) is 0 Å². The van der Waals surface area contributed by atoms with E-state index >= 15 is 0 Å². The van der Waals surface area contributed by atoms with Crippen molar-refractivity contribution >= 4 is 22.9 Å². The van der Waals surface area contributed by atoms with Crippen molar-refractivity contribution < 1.29 is 9.53 Å². The Morgan fingerprint density at radius 2 is 1.91 bits per heavy atom. The van der Waals surface area contributed by atoms with Crippen molar-refractivity contribution in [2.75, 3.05) is 27.7 Å². The van der Waals surface area contributed by atoms with E-state index in [1.54, 1.807) is 13.2 Å². The van der Waals surface area contributed by atoms with E-state index in [0.29, 0.717) is 6.54 Å². The first-order valence-corrected chi connectivity index (χ1v) is 10.7. The molecule has 1 heterocycles. The maximum atomic E-state index is 12.7. The minimum absolute atomic E-state index is 0.0952. The molecule has 0 bridgehead atoms. The number of benzene rings is 2. The zero-order valence-electron chi connectivity index (χ0n) is 19.2. The molecule has 166 valence electrons. The molecule has 6 nitrogen and oxygen atoms in total. The molecule has 3 aromatic rings. The van der Waals surface area contributed by atoms with E-state index in [9.17, 15) is 10.1 Å². The normalized spacial score (nSPS) is 11.6. The summed E-state index contributed by atoms with van der Waals surface area (Å²) in [6, 6.07) is 17.7. The van der Waals surface area contributed by atoms with E-state index in [-0.39, 0.29) is 11.5 Å².